The van der Waals surface area contributed by atoms with E-state index in [0.29, 0.717) is 13.0 Å². The van der Waals surface area contributed by atoms with Gasteiger partial charge < -0.3 is 10.0 Å². The van der Waals surface area contributed by atoms with Crippen molar-refractivity contribution < 1.29 is 14.8 Å². The van der Waals surface area contributed by atoms with E-state index in [1.54, 1.807) is 0 Å². The highest BCUT2D eigenvalue weighted by atomic mass is 35.5. The molecule has 1 fully saturated rings. The van der Waals surface area contributed by atoms with Gasteiger partial charge in [0.1, 0.15) is 5.56 Å². The van der Waals surface area contributed by atoms with E-state index >= 15 is 0 Å². The van der Waals surface area contributed by atoms with Gasteiger partial charge in [-0.25, -0.2) is 0 Å². The molecule has 6 nitrogen and oxygen atoms in total. The number of likely N-dealkylation sites (tertiary alicyclic amines) is 1. The Hall–Kier alpha value is -1.66. The zero-order valence-corrected chi connectivity index (χ0v) is 11.5. The van der Waals surface area contributed by atoms with Crippen LogP contribution >= 0.6 is 11.6 Å². The summed E-state index contributed by atoms with van der Waals surface area (Å²) in [6, 6.07) is 3.73. The van der Waals surface area contributed by atoms with Crippen molar-refractivity contribution in [2.75, 3.05) is 13.2 Å². The van der Waals surface area contributed by atoms with Crippen molar-refractivity contribution in [1.82, 2.24) is 4.90 Å². The maximum Gasteiger partial charge on any atom is 0.283 e. The second kappa shape index (κ2) is 6.19. The quantitative estimate of drug-likeness (QED) is 0.685. The molecule has 1 aliphatic rings. The molecule has 1 N–H and O–H groups in total. The smallest absolute Gasteiger partial charge is 0.283 e. The lowest BCUT2D eigenvalue weighted by Crippen LogP contribution is -2.45. The maximum absolute atomic E-state index is 12.5. The number of carbonyl (C=O) groups is 1. The molecule has 1 saturated heterocycles. The zero-order chi connectivity index (χ0) is 14.7. The number of piperidine rings is 1. The lowest BCUT2D eigenvalue weighted by molar-refractivity contribution is -0.385. The molecular formula is C13H15ClN2O4. The Morgan fingerprint density at radius 2 is 2.25 bits per heavy atom. The molecule has 1 aromatic rings. The molecule has 0 aliphatic carbocycles. The molecule has 1 aromatic carbocycles. The molecule has 1 unspecified atom stereocenters. The molecule has 1 amide bonds. The van der Waals surface area contributed by atoms with E-state index in [2.05, 4.69) is 0 Å². The molecule has 7 heteroatoms. The number of benzene rings is 1. The van der Waals surface area contributed by atoms with E-state index in [4.69, 9.17) is 11.6 Å². The lowest BCUT2D eigenvalue weighted by atomic mass is 10.0. The number of rotatable bonds is 3. The van der Waals surface area contributed by atoms with Gasteiger partial charge in [-0.15, -0.1) is 0 Å². The second-order valence-corrected chi connectivity index (χ2v) is 5.19. The number of aliphatic hydroxyl groups is 1. The van der Waals surface area contributed by atoms with Gasteiger partial charge in [0.25, 0.3) is 11.6 Å². The summed E-state index contributed by atoms with van der Waals surface area (Å²) in [5, 5.41) is 20.6. The Balaban J connectivity index is 2.35. The van der Waals surface area contributed by atoms with E-state index in [1.165, 1.54) is 23.1 Å². The number of hydrogen-bond acceptors (Lipinski definition) is 4. The van der Waals surface area contributed by atoms with Crippen LogP contribution in [0.25, 0.3) is 0 Å². The summed E-state index contributed by atoms with van der Waals surface area (Å²) < 4.78 is 0. The predicted octanol–water partition coefficient (Wildman–Crippen LogP) is 2.24. The van der Waals surface area contributed by atoms with E-state index in [9.17, 15) is 20.0 Å². The van der Waals surface area contributed by atoms with E-state index < -0.39 is 10.8 Å². The first kappa shape index (κ1) is 14.7. The summed E-state index contributed by atoms with van der Waals surface area (Å²) in [6.07, 6.45) is 2.49. The standard InChI is InChI=1S/C13H15ClN2O4/c14-9-4-5-11(12(7-9)16(19)20)13(18)15-6-2-1-3-10(15)8-17/h4-5,7,10,17H,1-3,6,8H2. The third kappa shape index (κ3) is 2.91. The minimum absolute atomic E-state index is 0.0137. The van der Waals surface area contributed by atoms with Crippen LogP contribution in [0.4, 0.5) is 5.69 Å². The fourth-order valence-corrected chi connectivity index (χ4v) is 2.62. The minimum atomic E-state index is -0.614. The number of hydrogen-bond donors (Lipinski definition) is 1. The molecular weight excluding hydrogens is 284 g/mol. The number of aliphatic hydroxyl groups excluding tert-OH is 1. The molecule has 0 radical (unpaired) electrons. The van der Waals surface area contributed by atoms with Crippen LogP contribution in [0.2, 0.25) is 5.02 Å². The lowest BCUT2D eigenvalue weighted by Gasteiger charge is -2.34. The maximum atomic E-state index is 12.5. The molecule has 2 rings (SSSR count). The van der Waals surface area contributed by atoms with Gasteiger partial charge in [-0.05, 0) is 31.4 Å². The fraction of sp³-hybridized carbons (Fsp3) is 0.462. The van der Waals surface area contributed by atoms with Gasteiger partial charge in [-0.1, -0.05) is 11.6 Å². The van der Waals surface area contributed by atoms with Crippen molar-refractivity contribution in [3.63, 3.8) is 0 Å². The van der Waals surface area contributed by atoms with Crippen molar-refractivity contribution in [2.24, 2.45) is 0 Å². The topological polar surface area (TPSA) is 83.7 Å². The summed E-state index contributed by atoms with van der Waals surface area (Å²) in [4.78, 5) is 24.4. The minimum Gasteiger partial charge on any atom is -0.394 e. The molecule has 0 bridgehead atoms. The summed E-state index contributed by atoms with van der Waals surface area (Å²) in [5.41, 5.74) is -0.287. The van der Waals surface area contributed by atoms with E-state index in [-0.39, 0.29) is 28.9 Å². The van der Waals surface area contributed by atoms with Crippen LogP contribution in [-0.4, -0.2) is 40.0 Å². The normalized spacial score (nSPS) is 18.9. The third-order valence-electron chi connectivity index (χ3n) is 3.49. The van der Waals surface area contributed by atoms with Crippen LogP contribution in [0, 0.1) is 10.1 Å². The highest BCUT2D eigenvalue weighted by molar-refractivity contribution is 6.31. The predicted molar refractivity (Wildman–Crippen MR) is 73.9 cm³/mol. The molecule has 1 heterocycles. The molecule has 1 atom stereocenters. The number of halogens is 1. The average Bonchev–Trinajstić information content (AvgIpc) is 2.46. The van der Waals surface area contributed by atoms with E-state index in [0.717, 1.165) is 12.8 Å². The molecule has 0 spiro atoms. The molecule has 1 aliphatic heterocycles. The zero-order valence-electron chi connectivity index (χ0n) is 10.8. The molecule has 20 heavy (non-hydrogen) atoms. The van der Waals surface area contributed by atoms with Gasteiger partial charge in [0, 0.05) is 17.6 Å². The van der Waals surface area contributed by atoms with Crippen LogP contribution in [0.1, 0.15) is 29.6 Å². The van der Waals surface area contributed by atoms with Crippen molar-refractivity contribution in [3.8, 4) is 0 Å². The fourth-order valence-electron chi connectivity index (χ4n) is 2.45. The van der Waals surface area contributed by atoms with Crippen LogP contribution in [0.3, 0.4) is 0 Å². The van der Waals surface area contributed by atoms with Gasteiger partial charge in [0.05, 0.1) is 17.6 Å². The Morgan fingerprint density at radius 1 is 1.50 bits per heavy atom. The summed E-state index contributed by atoms with van der Waals surface area (Å²) >= 11 is 5.74. The van der Waals surface area contributed by atoms with Gasteiger partial charge in [-0.3, -0.25) is 14.9 Å². The van der Waals surface area contributed by atoms with Crippen LogP contribution in [0.5, 0.6) is 0 Å². The number of amides is 1. The SMILES string of the molecule is O=C(c1ccc(Cl)cc1[N+](=O)[O-])N1CCCCC1CO. The first-order valence-corrected chi connectivity index (χ1v) is 6.78. The third-order valence-corrected chi connectivity index (χ3v) is 3.72. The van der Waals surface area contributed by atoms with Gasteiger partial charge in [0.15, 0.2) is 0 Å². The number of carbonyl (C=O) groups excluding carboxylic acids is 1. The Bertz CT molecular complexity index is 535. The van der Waals surface area contributed by atoms with E-state index in [1.807, 2.05) is 0 Å². The van der Waals surface area contributed by atoms with Crippen molar-refractivity contribution in [1.29, 1.82) is 0 Å². The largest absolute Gasteiger partial charge is 0.394 e. The summed E-state index contributed by atoms with van der Waals surface area (Å²) in [5.74, 6) is -0.424. The molecule has 108 valence electrons. The second-order valence-electron chi connectivity index (χ2n) is 4.75. The Labute approximate surface area is 121 Å². The van der Waals surface area contributed by atoms with Crippen LogP contribution < -0.4 is 0 Å². The number of nitro benzene ring substituents is 1. The number of nitrogens with zero attached hydrogens (tertiary/aromatic N) is 2. The first-order valence-electron chi connectivity index (χ1n) is 6.40. The van der Waals surface area contributed by atoms with Crippen LogP contribution in [-0.2, 0) is 0 Å². The van der Waals surface area contributed by atoms with Gasteiger partial charge in [0.2, 0.25) is 0 Å². The highest BCUT2D eigenvalue weighted by Gasteiger charge is 2.31. The molecule has 0 saturated carbocycles. The van der Waals surface area contributed by atoms with Crippen LogP contribution in [0.15, 0.2) is 18.2 Å². The number of nitro groups is 1. The summed E-state index contributed by atoms with van der Waals surface area (Å²) in [6.45, 7) is 0.372. The Kier molecular flexibility index (Phi) is 4.57. The van der Waals surface area contributed by atoms with Crippen molar-refractivity contribution in [3.05, 3.63) is 38.9 Å². The average molecular weight is 299 g/mol. The van der Waals surface area contributed by atoms with Gasteiger partial charge in [-0.2, -0.15) is 0 Å². The monoisotopic (exact) mass is 298 g/mol. The van der Waals surface area contributed by atoms with Crippen molar-refractivity contribution in [2.45, 2.75) is 25.3 Å². The van der Waals surface area contributed by atoms with Crippen molar-refractivity contribution >= 4 is 23.2 Å². The highest BCUT2D eigenvalue weighted by Crippen LogP contribution is 2.27. The Morgan fingerprint density at radius 3 is 2.90 bits per heavy atom. The summed E-state index contributed by atoms with van der Waals surface area (Å²) in [7, 11) is 0. The first-order chi connectivity index (χ1) is 9.54. The van der Waals surface area contributed by atoms with Gasteiger partial charge >= 0.3 is 0 Å². The molecule has 0 aromatic heterocycles.